The number of carbonyl (C=O) groups excluding carboxylic acids is 1. The van der Waals surface area contributed by atoms with Crippen LogP contribution in [0.2, 0.25) is 5.02 Å². The normalized spacial score (nSPS) is 10.7. The molecule has 110 valence electrons. The highest BCUT2D eigenvalue weighted by Crippen LogP contribution is 2.15. The minimum absolute atomic E-state index is 0.0360. The predicted molar refractivity (Wildman–Crippen MR) is 80.3 cm³/mol. The summed E-state index contributed by atoms with van der Waals surface area (Å²) in [6.07, 6.45) is 0. The molecule has 0 aliphatic carbocycles. The minimum atomic E-state index is -0.674. The first-order valence-electron chi connectivity index (χ1n) is 6.42. The molecule has 0 unspecified atom stereocenters. The van der Waals surface area contributed by atoms with Crippen LogP contribution in [0.5, 0.6) is 0 Å². The van der Waals surface area contributed by atoms with Crippen LogP contribution in [0.25, 0.3) is 5.69 Å². The fourth-order valence-electron chi connectivity index (χ4n) is 1.81. The van der Waals surface area contributed by atoms with Crippen molar-refractivity contribution in [3.63, 3.8) is 0 Å². The average molecular weight is 307 g/mol. The molecule has 0 aliphatic heterocycles. The molecule has 0 amide bonds. The van der Waals surface area contributed by atoms with E-state index in [-0.39, 0.29) is 11.5 Å². The molecule has 0 atom stereocenters. The molecule has 1 heterocycles. The van der Waals surface area contributed by atoms with Crippen molar-refractivity contribution in [1.29, 1.82) is 0 Å². The van der Waals surface area contributed by atoms with Crippen LogP contribution in [-0.4, -0.2) is 22.9 Å². The molecule has 0 N–H and O–H groups in total. The SMILES string of the molecule is COC(=O)c1cc(C(C)C)nn(-c2ccc(Cl)cc2)c1=O. The van der Waals surface area contributed by atoms with Crippen LogP contribution in [0.4, 0.5) is 0 Å². The first-order valence-corrected chi connectivity index (χ1v) is 6.80. The summed E-state index contributed by atoms with van der Waals surface area (Å²) in [6.45, 7) is 3.86. The summed E-state index contributed by atoms with van der Waals surface area (Å²) in [5.41, 5.74) is 0.613. The van der Waals surface area contributed by atoms with Crippen molar-refractivity contribution in [2.75, 3.05) is 7.11 Å². The number of esters is 1. The number of benzene rings is 1. The number of halogens is 1. The van der Waals surface area contributed by atoms with Crippen LogP contribution in [0.15, 0.2) is 35.1 Å². The van der Waals surface area contributed by atoms with Crippen molar-refractivity contribution >= 4 is 17.6 Å². The van der Waals surface area contributed by atoms with Crippen molar-refractivity contribution in [2.24, 2.45) is 0 Å². The Morgan fingerprint density at radius 1 is 1.29 bits per heavy atom. The van der Waals surface area contributed by atoms with Crippen molar-refractivity contribution in [1.82, 2.24) is 9.78 Å². The van der Waals surface area contributed by atoms with Gasteiger partial charge in [0.15, 0.2) is 0 Å². The van der Waals surface area contributed by atoms with Crippen LogP contribution >= 0.6 is 11.6 Å². The van der Waals surface area contributed by atoms with E-state index in [1.807, 2.05) is 13.8 Å². The Morgan fingerprint density at radius 2 is 1.90 bits per heavy atom. The Morgan fingerprint density at radius 3 is 2.43 bits per heavy atom. The second kappa shape index (κ2) is 6.10. The minimum Gasteiger partial charge on any atom is -0.465 e. The first-order chi connectivity index (χ1) is 9.93. The van der Waals surface area contributed by atoms with Gasteiger partial charge in [0.1, 0.15) is 5.56 Å². The van der Waals surface area contributed by atoms with Gasteiger partial charge in [-0.3, -0.25) is 4.79 Å². The smallest absolute Gasteiger partial charge is 0.343 e. The fraction of sp³-hybridized carbons (Fsp3) is 0.267. The zero-order chi connectivity index (χ0) is 15.6. The lowest BCUT2D eigenvalue weighted by Crippen LogP contribution is -2.29. The molecule has 0 spiro atoms. The zero-order valence-electron chi connectivity index (χ0n) is 12.0. The summed E-state index contributed by atoms with van der Waals surface area (Å²) in [6, 6.07) is 8.13. The van der Waals surface area contributed by atoms with Crippen LogP contribution in [0.3, 0.4) is 0 Å². The van der Waals surface area contributed by atoms with Crippen LogP contribution in [0.1, 0.15) is 35.8 Å². The molecular weight excluding hydrogens is 292 g/mol. The Kier molecular flexibility index (Phi) is 4.43. The second-order valence-corrected chi connectivity index (χ2v) is 5.26. The zero-order valence-corrected chi connectivity index (χ0v) is 12.7. The van der Waals surface area contributed by atoms with Gasteiger partial charge in [-0.05, 0) is 36.2 Å². The summed E-state index contributed by atoms with van der Waals surface area (Å²) in [4.78, 5) is 24.2. The summed E-state index contributed by atoms with van der Waals surface area (Å²) >= 11 is 5.84. The molecule has 6 heteroatoms. The lowest BCUT2D eigenvalue weighted by Gasteiger charge is -2.11. The quantitative estimate of drug-likeness (QED) is 0.818. The highest BCUT2D eigenvalue weighted by atomic mass is 35.5. The number of methoxy groups -OCH3 is 1. The second-order valence-electron chi connectivity index (χ2n) is 4.82. The van der Waals surface area contributed by atoms with Crippen molar-refractivity contribution < 1.29 is 9.53 Å². The van der Waals surface area contributed by atoms with Gasteiger partial charge in [0.05, 0.1) is 18.5 Å². The van der Waals surface area contributed by atoms with Crippen LogP contribution in [0, 0.1) is 0 Å². The molecule has 1 aromatic carbocycles. The van der Waals surface area contributed by atoms with E-state index in [9.17, 15) is 9.59 Å². The van der Waals surface area contributed by atoms with Crippen LogP contribution in [-0.2, 0) is 4.74 Å². The number of hydrogen-bond acceptors (Lipinski definition) is 4. The van der Waals surface area contributed by atoms with E-state index in [0.29, 0.717) is 16.4 Å². The van der Waals surface area contributed by atoms with E-state index in [1.54, 1.807) is 24.3 Å². The van der Waals surface area contributed by atoms with E-state index in [1.165, 1.54) is 17.9 Å². The van der Waals surface area contributed by atoms with Gasteiger partial charge < -0.3 is 4.74 Å². The number of nitrogens with zero attached hydrogens (tertiary/aromatic N) is 2. The number of rotatable bonds is 3. The lowest BCUT2D eigenvalue weighted by molar-refractivity contribution is 0.0597. The van der Waals surface area contributed by atoms with Gasteiger partial charge in [-0.1, -0.05) is 25.4 Å². The van der Waals surface area contributed by atoms with Gasteiger partial charge in [-0.15, -0.1) is 0 Å². The summed E-state index contributed by atoms with van der Waals surface area (Å²) < 4.78 is 5.85. The van der Waals surface area contributed by atoms with Gasteiger partial charge >= 0.3 is 5.97 Å². The van der Waals surface area contributed by atoms with Gasteiger partial charge in [0.25, 0.3) is 5.56 Å². The molecule has 2 aromatic rings. The van der Waals surface area contributed by atoms with Gasteiger partial charge in [0, 0.05) is 5.02 Å². The number of ether oxygens (including phenoxy) is 1. The van der Waals surface area contributed by atoms with Crippen molar-refractivity contribution in [2.45, 2.75) is 19.8 Å². The largest absolute Gasteiger partial charge is 0.465 e. The molecule has 0 aliphatic rings. The average Bonchev–Trinajstić information content (AvgIpc) is 2.47. The van der Waals surface area contributed by atoms with Gasteiger partial charge in [-0.2, -0.15) is 9.78 Å². The monoisotopic (exact) mass is 306 g/mol. The number of aromatic nitrogens is 2. The first kappa shape index (κ1) is 15.3. The molecule has 0 saturated heterocycles. The van der Waals surface area contributed by atoms with Crippen LogP contribution < -0.4 is 5.56 Å². The molecule has 1 aromatic heterocycles. The molecule has 0 fully saturated rings. The maximum absolute atomic E-state index is 12.4. The molecular formula is C15H15ClN2O3. The fourth-order valence-corrected chi connectivity index (χ4v) is 1.94. The molecule has 2 rings (SSSR count). The standard InChI is InChI=1S/C15H15ClN2O3/c1-9(2)13-8-12(15(20)21-3)14(19)18(17-13)11-6-4-10(16)5-7-11/h4-9H,1-3H3. The topological polar surface area (TPSA) is 61.2 Å². The number of carbonyl (C=O) groups is 1. The Balaban J connectivity index is 2.69. The third kappa shape index (κ3) is 3.13. The van der Waals surface area contributed by atoms with E-state index in [2.05, 4.69) is 9.84 Å². The lowest BCUT2D eigenvalue weighted by atomic mass is 10.1. The highest BCUT2D eigenvalue weighted by molar-refractivity contribution is 6.30. The maximum atomic E-state index is 12.4. The molecule has 5 nitrogen and oxygen atoms in total. The Bertz CT molecular complexity index is 721. The van der Waals surface area contributed by atoms with E-state index < -0.39 is 11.5 Å². The van der Waals surface area contributed by atoms with Crippen molar-refractivity contribution in [3.05, 3.63) is 57.0 Å². The van der Waals surface area contributed by atoms with Gasteiger partial charge in [0.2, 0.25) is 0 Å². The van der Waals surface area contributed by atoms with E-state index in [4.69, 9.17) is 11.6 Å². The van der Waals surface area contributed by atoms with Gasteiger partial charge in [-0.25, -0.2) is 4.79 Å². The third-order valence-electron chi connectivity index (χ3n) is 3.00. The van der Waals surface area contributed by atoms with E-state index in [0.717, 1.165) is 0 Å². The molecule has 0 saturated carbocycles. The third-order valence-corrected chi connectivity index (χ3v) is 3.25. The Hall–Kier alpha value is -2.14. The maximum Gasteiger partial charge on any atom is 0.343 e. The number of hydrogen-bond donors (Lipinski definition) is 0. The predicted octanol–water partition coefficient (Wildman–Crippen LogP) is 2.80. The molecule has 0 bridgehead atoms. The van der Waals surface area contributed by atoms with Crippen molar-refractivity contribution in [3.8, 4) is 5.69 Å². The van der Waals surface area contributed by atoms with E-state index >= 15 is 0 Å². The highest BCUT2D eigenvalue weighted by Gasteiger charge is 2.18. The Labute approximate surface area is 127 Å². The molecule has 21 heavy (non-hydrogen) atoms. The summed E-state index contributed by atoms with van der Waals surface area (Å²) in [5.74, 6) is -0.612. The summed E-state index contributed by atoms with van der Waals surface area (Å²) in [5, 5.41) is 4.86. The summed E-state index contributed by atoms with van der Waals surface area (Å²) in [7, 11) is 1.24. The molecule has 0 radical (unpaired) electrons.